The molecule has 0 fully saturated rings. The van der Waals surface area contributed by atoms with Crippen LogP contribution >= 0.6 is 23.2 Å². The van der Waals surface area contributed by atoms with Crippen molar-refractivity contribution in [2.45, 2.75) is 6.61 Å². The summed E-state index contributed by atoms with van der Waals surface area (Å²) in [6.45, 7) is 0.181. The van der Waals surface area contributed by atoms with Crippen molar-refractivity contribution in [3.8, 4) is 17.3 Å². The van der Waals surface area contributed by atoms with E-state index < -0.39 is 10.5 Å². The number of furan rings is 1. The van der Waals surface area contributed by atoms with E-state index in [1.807, 2.05) is 12.1 Å². The zero-order valence-corrected chi connectivity index (χ0v) is 22.5. The van der Waals surface area contributed by atoms with Gasteiger partial charge in [-0.15, -0.1) is 0 Å². The first kappa shape index (κ1) is 26.2. The topological polar surface area (TPSA) is 113 Å². The number of benzene rings is 4. The summed E-state index contributed by atoms with van der Waals surface area (Å²) >= 11 is 12.1. The molecule has 2 heterocycles. The number of para-hydroxylation sites is 1. The standard InChI is InChI=1S/C30H18Cl2N4O5/c31-21-7-5-18(6-8-21)17-40-26-12-10-23(36(38)39)14-20(26)16-33-35-29(34-25-4-2-1-3-24(25)30(35)37)28-15-19-13-22(32)9-11-27(19)41-28/h1-16H,17H2. The highest BCUT2D eigenvalue weighted by atomic mass is 35.5. The van der Waals surface area contributed by atoms with E-state index in [4.69, 9.17) is 32.4 Å². The third-order valence-corrected chi connectivity index (χ3v) is 6.76. The van der Waals surface area contributed by atoms with Gasteiger partial charge in [-0.1, -0.05) is 47.5 Å². The second-order valence-corrected chi connectivity index (χ2v) is 9.87. The van der Waals surface area contributed by atoms with Crippen molar-refractivity contribution in [2.24, 2.45) is 5.10 Å². The van der Waals surface area contributed by atoms with Crippen molar-refractivity contribution in [1.29, 1.82) is 0 Å². The van der Waals surface area contributed by atoms with Crippen LogP contribution in [0, 0.1) is 10.1 Å². The fraction of sp³-hybridized carbons (Fsp3) is 0.0333. The lowest BCUT2D eigenvalue weighted by atomic mass is 10.2. The van der Waals surface area contributed by atoms with Crippen LogP contribution in [-0.2, 0) is 6.61 Å². The van der Waals surface area contributed by atoms with Gasteiger partial charge in [-0.2, -0.15) is 9.78 Å². The van der Waals surface area contributed by atoms with Crippen LogP contribution in [0.1, 0.15) is 11.1 Å². The first-order valence-corrected chi connectivity index (χ1v) is 13.0. The fourth-order valence-electron chi connectivity index (χ4n) is 4.26. The number of nitro benzene ring substituents is 1. The van der Waals surface area contributed by atoms with Gasteiger partial charge in [0, 0.05) is 33.1 Å². The van der Waals surface area contributed by atoms with Crippen LogP contribution in [0.15, 0.2) is 105 Å². The van der Waals surface area contributed by atoms with Crippen molar-refractivity contribution >= 4 is 57.0 Å². The number of hydrogen-bond acceptors (Lipinski definition) is 7. The predicted molar refractivity (Wildman–Crippen MR) is 158 cm³/mol. The Balaban J connectivity index is 1.46. The second kappa shape index (κ2) is 10.9. The summed E-state index contributed by atoms with van der Waals surface area (Å²) in [5, 5.41) is 18.1. The molecule has 0 aliphatic rings. The molecule has 0 saturated heterocycles. The predicted octanol–water partition coefficient (Wildman–Crippen LogP) is 7.49. The summed E-state index contributed by atoms with van der Waals surface area (Å²) in [5.41, 5.74) is 1.53. The molecule has 0 unspecified atom stereocenters. The first-order valence-electron chi connectivity index (χ1n) is 12.3. The van der Waals surface area contributed by atoms with Crippen molar-refractivity contribution in [1.82, 2.24) is 9.66 Å². The molecule has 0 radical (unpaired) electrons. The molecule has 202 valence electrons. The molecule has 9 nitrogen and oxygen atoms in total. The molecule has 4 aromatic carbocycles. The van der Waals surface area contributed by atoms with Crippen LogP contribution in [-0.4, -0.2) is 20.8 Å². The quantitative estimate of drug-likeness (QED) is 0.109. The molecule has 6 rings (SSSR count). The summed E-state index contributed by atoms with van der Waals surface area (Å²) in [6.07, 6.45) is 1.32. The molecule has 11 heteroatoms. The van der Waals surface area contributed by atoms with Crippen LogP contribution < -0.4 is 10.3 Å². The van der Waals surface area contributed by atoms with E-state index in [9.17, 15) is 14.9 Å². The van der Waals surface area contributed by atoms with Crippen LogP contribution in [0.25, 0.3) is 33.5 Å². The van der Waals surface area contributed by atoms with Crippen LogP contribution in [0.5, 0.6) is 5.75 Å². The lowest BCUT2D eigenvalue weighted by Gasteiger charge is -2.10. The zero-order chi connectivity index (χ0) is 28.5. The lowest BCUT2D eigenvalue weighted by molar-refractivity contribution is -0.384. The SMILES string of the molecule is O=c1c2ccccc2nc(-c2cc3cc(Cl)ccc3o2)n1N=Cc1cc([N+](=O)[O-])ccc1OCc1ccc(Cl)cc1. The number of rotatable bonds is 7. The van der Waals surface area contributed by atoms with Crippen molar-refractivity contribution < 1.29 is 14.1 Å². The number of nitro groups is 1. The molecule has 2 aromatic heterocycles. The molecule has 0 amide bonds. The Hall–Kier alpha value is -4.99. The maximum absolute atomic E-state index is 13.6. The number of fused-ring (bicyclic) bond motifs is 2. The second-order valence-electron chi connectivity index (χ2n) is 9.00. The van der Waals surface area contributed by atoms with Gasteiger partial charge in [-0.25, -0.2) is 4.98 Å². The van der Waals surface area contributed by atoms with E-state index in [1.165, 1.54) is 24.4 Å². The van der Waals surface area contributed by atoms with E-state index in [-0.39, 0.29) is 23.7 Å². The Kier molecular flexibility index (Phi) is 6.96. The summed E-state index contributed by atoms with van der Waals surface area (Å²) in [5.74, 6) is 0.767. The molecular formula is C30H18Cl2N4O5. The van der Waals surface area contributed by atoms with Gasteiger partial charge in [-0.3, -0.25) is 14.9 Å². The highest BCUT2D eigenvalue weighted by Gasteiger charge is 2.17. The molecule has 0 aliphatic carbocycles. The third-order valence-electron chi connectivity index (χ3n) is 6.28. The highest BCUT2D eigenvalue weighted by molar-refractivity contribution is 6.31. The number of aromatic nitrogens is 2. The summed E-state index contributed by atoms with van der Waals surface area (Å²) in [6, 6.07) is 25.0. The third kappa shape index (κ3) is 5.41. The molecule has 0 atom stereocenters. The Bertz CT molecular complexity index is 2030. The van der Waals surface area contributed by atoms with Gasteiger partial charge in [0.05, 0.1) is 22.0 Å². The minimum absolute atomic E-state index is 0.145. The Labute approximate surface area is 242 Å². The van der Waals surface area contributed by atoms with E-state index in [0.29, 0.717) is 38.0 Å². The number of ether oxygens (including phenoxy) is 1. The number of nitrogens with zero attached hydrogens (tertiary/aromatic N) is 4. The molecule has 0 spiro atoms. The first-order chi connectivity index (χ1) is 19.9. The van der Waals surface area contributed by atoms with E-state index in [2.05, 4.69) is 10.1 Å². The van der Waals surface area contributed by atoms with Gasteiger partial charge in [-0.05, 0) is 60.2 Å². The molecule has 0 N–H and O–H groups in total. The minimum Gasteiger partial charge on any atom is -0.488 e. The van der Waals surface area contributed by atoms with Crippen LogP contribution in [0.2, 0.25) is 10.0 Å². The maximum Gasteiger partial charge on any atom is 0.282 e. The van der Waals surface area contributed by atoms with Crippen LogP contribution in [0.4, 0.5) is 5.69 Å². The van der Waals surface area contributed by atoms with Crippen molar-refractivity contribution in [3.63, 3.8) is 0 Å². The highest BCUT2D eigenvalue weighted by Crippen LogP contribution is 2.29. The van der Waals surface area contributed by atoms with Crippen molar-refractivity contribution in [2.75, 3.05) is 0 Å². The van der Waals surface area contributed by atoms with Gasteiger partial charge in [0.1, 0.15) is 17.9 Å². The zero-order valence-electron chi connectivity index (χ0n) is 21.0. The average Bonchev–Trinajstić information content (AvgIpc) is 3.39. The van der Waals surface area contributed by atoms with E-state index in [1.54, 1.807) is 60.7 Å². The van der Waals surface area contributed by atoms with E-state index >= 15 is 0 Å². The molecule has 41 heavy (non-hydrogen) atoms. The van der Waals surface area contributed by atoms with E-state index in [0.717, 1.165) is 15.6 Å². The average molecular weight is 585 g/mol. The minimum atomic E-state index is -0.519. The van der Waals surface area contributed by atoms with Gasteiger partial charge in [0.15, 0.2) is 5.76 Å². The van der Waals surface area contributed by atoms with Gasteiger partial charge >= 0.3 is 0 Å². The largest absolute Gasteiger partial charge is 0.488 e. The Morgan fingerprint density at radius 2 is 1.76 bits per heavy atom. The van der Waals surface area contributed by atoms with Gasteiger partial charge in [0.25, 0.3) is 11.2 Å². The maximum atomic E-state index is 13.6. The smallest absolute Gasteiger partial charge is 0.282 e. The number of halogens is 2. The molecular weight excluding hydrogens is 567 g/mol. The molecule has 0 aliphatic heterocycles. The number of hydrogen-bond donors (Lipinski definition) is 0. The summed E-state index contributed by atoms with van der Waals surface area (Å²) < 4.78 is 13.1. The van der Waals surface area contributed by atoms with Crippen molar-refractivity contribution in [3.05, 3.63) is 133 Å². The number of non-ortho nitro benzene ring substituents is 1. The Morgan fingerprint density at radius 3 is 2.56 bits per heavy atom. The molecule has 6 aromatic rings. The van der Waals surface area contributed by atoms with Crippen LogP contribution in [0.3, 0.4) is 0 Å². The lowest BCUT2D eigenvalue weighted by Crippen LogP contribution is -2.20. The fourth-order valence-corrected chi connectivity index (χ4v) is 4.56. The molecule has 0 saturated carbocycles. The normalized spacial score (nSPS) is 11.5. The summed E-state index contributed by atoms with van der Waals surface area (Å²) in [4.78, 5) is 29.3. The molecule has 0 bridgehead atoms. The van der Waals surface area contributed by atoms with Gasteiger partial charge in [0.2, 0.25) is 5.82 Å². The van der Waals surface area contributed by atoms with Gasteiger partial charge < -0.3 is 9.15 Å². The summed E-state index contributed by atoms with van der Waals surface area (Å²) in [7, 11) is 0. The Morgan fingerprint density at radius 1 is 0.976 bits per heavy atom. The monoisotopic (exact) mass is 584 g/mol.